The molecule has 0 aliphatic carbocycles. The van der Waals surface area contributed by atoms with Gasteiger partial charge in [0.25, 0.3) is 0 Å². The first-order valence-electron chi connectivity index (χ1n) is 6.49. The Morgan fingerprint density at radius 2 is 2.35 bits per heavy atom. The van der Waals surface area contributed by atoms with Gasteiger partial charge in [-0.05, 0) is 40.5 Å². The van der Waals surface area contributed by atoms with Gasteiger partial charge in [-0.25, -0.2) is 4.98 Å². The van der Waals surface area contributed by atoms with Crippen LogP contribution in [0.2, 0.25) is 0 Å². The van der Waals surface area contributed by atoms with Gasteiger partial charge in [0.05, 0.1) is 10.8 Å². The lowest BCUT2D eigenvalue weighted by Crippen LogP contribution is -2.29. The SMILES string of the molecule is C[C@@H](Cn1ccnc1)NCc1cc(Br)c2c(c1)OCO2. The quantitative estimate of drug-likeness (QED) is 0.910. The third kappa shape index (κ3) is 2.96. The molecule has 1 aromatic carbocycles. The highest BCUT2D eigenvalue weighted by Gasteiger charge is 2.18. The Balaban J connectivity index is 1.59. The molecule has 2 aromatic rings. The van der Waals surface area contributed by atoms with Gasteiger partial charge in [0.2, 0.25) is 6.79 Å². The van der Waals surface area contributed by atoms with E-state index in [1.807, 2.05) is 18.6 Å². The van der Waals surface area contributed by atoms with E-state index in [0.29, 0.717) is 12.8 Å². The molecule has 5 nitrogen and oxygen atoms in total. The Morgan fingerprint density at radius 3 is 3.15 bits per heavy atom. The summed E-state index contributed by atoms with van der Waals surface area (Å²) in [4.78, 5) is 4.04. The summed E-state index contributed by atoms with van der Waals surface area (Å²) in [5.74, 6) is 1.60. The summed E-state index contributed by atoms with van der Waals surface area (Å²) in [6, 6.07) is 4.43. The van der Waals surface area contributed by atoms with E-state index in [0.717, 1.165) is 29.1 Å². The first-order valence-corrected chi connectivity index (χ1v) is 7.29. The number of hydrogen-bond donors (Lipinski definition) is 1. The molecule has 0 unspecified atom stereocenters. The fraction of sp³-hybridized carbons (Fsp3) is 0.357. The van der Waals surface area contributed by atoms with Crippen molar-refractivity contribution < 1.29 is 9.47 Å². The minimum absolute atomic E-state index is 0.293. The molecule has 1 aliphatic heterocycles. The molecule has 6 heteroatoms. The van der Waals surface area contributed by atoms with Crippen LogP contribution in [0.5, 0.6) is 11.5 Å². The summed E-state index contributed by atoms with van der Waals surface area (Å²) < 4.78 is 13.8. The minimum atomic E-state index is 0.293. The predicted octanol–water partition coefficient (Wildman–Crippen LogP) is 2.55. The first-order chi connectivity index (χ1) is 9.72. The van der Waals surface area contributed by atoms with Crippen molar-refractivity contribution in [3.05, 3.63) is 40.9 Å². The van der Waals surface area contributed by atoms with E-state index in [1.54, 1.807) is 6.20 Å². The van der Waals surface area contributed by atoms with Gasteiger partial charge in [-0.1, -0.05) is 0 Å². The molecular weight excluding hydrogens is 322 g/mol. The lowest BCUT2D eigenvalue weighted by molar-refractivity contribution is 0.173. The largest absolute Gasteiger partial charge is 0.454 e. The number of fused-ring (bicyclic) bond motifs is 1. The van der Waals surface area contributed by atoms with Crippen LogP contribution in [0.3, 0.4) is 0 Å². The van der Waals surface area contributed by atoms with Crippen LogP contribution >= 0.6 is 15.9 Å². The number of nitrogens with one attached hydrogen (secondary N) is 1. The van der Waals surface area contributed by atoms with Crippen LogP contribution in [-0.2, 0) is 13.1 Å². The monoisotopic (exact) mass is 337 g/mol. The van der Waals surface area contributed by atoms with Crippen molar-refractivity contribution in [1.82, 2.24) is 14.9 Å². The average Bonchev–Trinajstić information content (AvgIpc) is 3.07. The standard InChI is InChI=1S/C14H16BrN3O2/c1-10(7-18-3-2-16-8-18)17-6-11-4-12(15)14-13(5-11)19-9-20-14/h2-5,8,10,17H,6-7,9H2,1H3/t10-/m0/s1. The topological polar surface area (TPSA) is 48.3 Å². The third-order valence-electron chi connectivity index (χ3n) is 3.19. The number of rotatable bonds is 5. The van der Waals surface area contributed by atoms with Crippen molar-refractivity contribution >= 4 is 15.9 Å². The number of imidazole rings is 1. The van der Waals surface area contributed by atoms with Crippen molar-refractivity contribution in [3.63, 3.8) is 0 Å². The molecule has 1 atom stereocenters. The molecule has 0 saturated carbocycles. The number of benzene rings is 1. The lowest BCUT2D eigenvalue weighted by Gasteiger charge is -2.15. The lowest BCUT2D eigenvalue weighted by atomic mass is 10.2. The van der Waals surface area contributed by atoms with E-state index in [2.05, 4.69) is 43.8 Å². The van der Waals surface area contributed by atoms with Gasteiger partial charge < -0.3 is 19.4 Å². The number of ether oxygens (including phenoxy) is 2. The average molecular weight is 338 g/mol. The third-order valence-corrected chi connectivity index (χ3v) is 3.77. The van der Waals surface area contributed by atoms with Gasteiger partial charge in [0, 0.05) is 31.5 Å². The number of aromatic nitrogens is 2. The van der Waals surface area contributed by atoms with E-state index in [-0.39, 0.29) is 0 Å². The summed E-state index contributed by atoms with van der Waals surface area (Å²) in [7, 11) is 0. The summed E-state index contributed by atoms with van der Waals surface area (Å²) in [6.45, 7) is 4.13. The van der Waals surface area contributed by atoms with Crippen LogP contribution in [0.15, 0.2) is 35.3 Å². The van der Waals surface area contributed by atoms with Gasteiger partial charge >= 0.3 is 0 Å². The maximum atomic E-state index is 5.42. The second-order valence-corrected chi connectivity index (χ2v) is 5.71. The van der Waals surface area contributed by atoms with Crippen LogP contribution in [0.1, 0.15) is 12.5 Å². The Labute approximate surface area is 126 Å². The van der Waals surface area contributed by atoms with Gasteiger partial charge in [-0.15, -0.1) is 0 Å². The van der Waals surface area contributed by atoms with Crippen molar-refractivity contribution in [2.45, 2.75) is 26.1 Å². The molecule has 106 valence electrons. The molecule has 0 fully saturated rings. The van der Waals surface area contributed by atoms with Gasteiger partial charge in [-0.2, -0.15) is 0 Å². The van der Waals surface area contributed by atoms with Crippen LogP contribution in [0.4, 0.5) is 0 Å². The highest BCUT2D eigenvalue weighted by atomic mass is 79.9. The zero-order chi connectivity index (χ0) is 13.9. The molecule has 0 saturated heterocycles. The molecule has 3 rings (SSSR count). The maximum absolute atomic E-state index is 5.42. The van der Waals surface area contributed by atoms with E-state index in [1.165, 1.54) is 5.56 Å². The molecule has 0 amide bonds. The summed E-state index contributed by atoms with van der Waals surface area (Å²) in [5.41, 5.74) is 1.17. The van der Waals surface area contributed by atoms with Crippen molar-refractivity contribution in [3.8, 4) is 11.5 Å². The Morgan fingerprint density at radius 1 is 1.45 bits per heavy atom. The van der Waals surface area contributed by atoms with Gasteiger partial charge in [0.15, 0.2) is 11.5 Å². The smallest absolute Gasteiger partial charge is 0.231 e. The maximum Gasteiger partial charge on any atom is 0.231 e. The van der Waals surface area contributed by atoms with Crippen LogP contribution in [0.25, 0.3) is 0 Å². The highest BCUT2D eigenvalue weighted by molar-refractivity contribution is 9.10. The first kappa shape index (κ1) is 13.5. The molecule has 20 heavy (non-hydrogen) atoms. The predicted molar refractivity (Wildman–Crippen MR) is 78.8 cm³/mol. The Hall–Kier alpha value is -1.53. The zero-order valence-electron chi connectivity index (χ0n) is 11.2. The normalized spacial score (nSPS) is 14.5. The zero-order valence-corrected chi connectivity index (χ0v) is 12.8. The Bertz CT molecular complexity index is 586. The Kier molecular flexibility index (Phi) is 3.93. The second-order valence-electron chi connectivity index (χ2n) is 4.85. The fourth-order valence-corrected chi connectivity index (χ4v) is 2.79. The van der Waals surface area contributed by atoms with Gasteiger partial charge in [0.1, 0.15) is 0 Å². The van der Waals surface area contributed by atoms with Crippen LogP contribution < -0.4 is 14.8 Å². The highest BCUT2D eigenvalue weighted by Crippen LogP contribution is 2.39. The second kappa shape index (κ2) is 5.85. The van der Waals surface area contributed by atoms with Gasteiger partial charge in [-0.3, -0.25) is 0 Å². The van der Waals surface area contributed by atoms with E-state index >= 15 is 0 Å². The number of hydrogen-bond acceptors (Lipinski definition) is 4. The van der Waals surface area contributed by atoms with Crippen molar-refractivity contribution in [2.75, 3.05) is 6.79 Å². The van der Waals surface area contributed by atoms with Crippen molar-refractivity contribution in [1.29, 1.82) is 0 Å². The molecule has 2 heterocycles. The molecule has 0 radical (unpaired) electrons. The van der Waals surface area contributed by atoms with Crippen LogP contribution in [-0.4, -0.2) is 22.4 Å². The number of halogens is 1. The fourth-order valence-electron chi connectivity index (χ4n) is 2.19. The summed E-state index contributed by atoms with van der Waals surface area (Å²) >= 11 is 3.51. The summed E-state index contributed by atoms with van der Waals surface area (Å²) in [6.07, 6.45) is 5.59. The molecule has 0 bridgehead atoms. The summed E-state index contributed by atoms with van der Waals surface area (Å²) in [5, 5.41) is 3.49. The molecular formula is C14H16BrN3O2. The van der Waals surface area contributed by atoms with Crippen LogP contribution in [0, 0.1) is 0 Å². The molecule has 1 aromatic heterocycles. The molecule has 1 aliphatic rings. The van der Waals surface area contributed by atoms with E-state index < -0.39 is 0 Å². The van der Waals surface area contributed by atoms with Crippen molar-refractivity contribution in [2.24, 2.45) is 0 Å². The van der Waals surface area contributed by atoms with E-state index in [4.69, 9.17) is 9.47 Å². The number of nitrogens with zero attached hydrogens (tertiary/aromatic N) is 2. The molecule has 0 spiro atoms. The van der Waals surface area contributed by atoms with E-state index in [9.17, 15) is 0 Å². The molecule has 1 N–H and O–H groups in total. The minimum Gasteiger partial charge on any atom is -0.454 e.